The van der Waals surface area contributed by atoms with Crippen LogP contribution in [0.4, 0.5) is 0 Å². The standard InChI is InChI=1S/C10H15N3O3/c1-2-13-6-5-8(12-13)7-11-9(14)3-4-10(15)16/h5-6H,2-4,7H2,1H3,(H,11,14)(H,15,16). The number of carbonyl (C=O) groups excluding carboxylic acids is 1. The molecule has 6 heteroatoms. The number of nitrogens with one attached hydrogen (secondary N) is 1. The van der Waals surface area contributed by atoms with Gasteiger partial charge < -0.3 is 10.4 Å². The Labute approximate surface area is 93.3 Å². The minimum absolute atomic E-state index is 0.00379. The molecule has 0 unspecified atom stereocenters. The molecule has 16 heavy (non-hydrogen) atoms. The average Bonchev–Trinajstić information content (AvgIpc) is 2.71. The number of aryl methyl sites for hydroxylation is 1. The molecule has 1 aromatic rings. The van der Waals surface area contributed by atoms with Crippen molar-refractivity contribution >= 4 is 11.9 Å². The van der Waals surface area contributed by atoms with Crippen LogP contribution in [-0.2, 0) is 22.7 Å². The maximum atomic E-state index is 11.2. The molecule has 1 amide bonds. The minimum atomic E-state index is -0.967. The molecule has 1 aromatic heterocycles. The lowest BCUT2D eigenvalue weighted by molar-refractivity contribution is -0.138. The van der Waals surface area contributed by atoms with Crippen LogP contribution in [-0.4, -0.2) is 26.8 Å². The molecule has 1 heterocycles. The number of carboxylic acids is 1. The van der Waals surface area contributed by atoms with Crippen LogP contribution in [0, 0.1) is 0 Å². The number of hydrogen-bond acceptors (Lipinski definition) is 3. The van der Waals surface area contributed by atoms with E-state index in [9.17, 15) is 9.59 Å². The first-order chi connectivity index (χ1) is 7.61. The third-order valence-electron chi connectivity index (χ3n) is 2.05. The van der Waals surface area contributed by atoms with Crippen molar-refractivity contribution in [3.8, 4) is 0 Å². The van der Waals surface area contributed by atoms with E-state index >= 15 is 0 Å². The molecule has 0 aliphatic heterocycles. The zero-order valence-electron chi connectivity index (χ0n) is 9.14. The number of aromatic nitrogens is 2. The van der Waals surface area contributed by atoms with Crippen molar-refractivity contribution in [2.24, 2.45) is 0 Å². The highest BCUT2D eigenvalue weighted by atomic mass is 16.4. The van der Waals surface area contributed by atoms with Crippen molar-refractivity contribution in [2.45, 2.75) is 32.9 Å². The third kappa shape index (κ3) is 4.12. The first-order valence-corrected chi connectivity index (χ1v) is 5.12. The molecule has 0 aliphatic rings. The molecule has 0 radical (unpaired) electrons. The number of aliphatic carboxylic acids is 1. The molecule has 6 nitrogen and oxygen atoms in total. The summed E-state index contributed by atoms with van der Waals surface area (Å²) in [5, 5.41) is 15.2. The molecular formula is C10H15N3O3. The number of hydrogen-bond donors (Lipinski definition) is 2. The Bertz CT molecular complexity index is 373. The highest BCUT2D eigenvalue weighted by Crippen LogP contribution is 1.96. The van der Waals surface area contributed by atoms with Gasteiger partial charge in [-0.1, -0.05) is 0 Å². The van der Waals surface area contributed by atoms with Crippen molar-refractivity contribution in [2.75, 3.05) is 0 Å². The molecule has 0 aromatic carbocycles. The molecule has 0 saturated carbocycles. The topological polar surface area (TPSA) is 84.2 Å². The first-order valence-electron chi connectivity index (χ1n) is 5.12. The van der Waals surface area contributed by atoms with Gasteiger partial charge in [-0.2, -0.15) is 5.10 Å². The van der Waals surface area contributed by atoms with E-state index < -0.39 is 5.97 Å². The van der Waals surface area contributed by atoms with Crippen LogP contribution in [0.3, 0.4) is 0 Å². The van der Waals surface area contributed by atoms with Gasteiger partial charge in [-0.05, 0) is 13.0 Å². The maximum Gasteiger partial charge on any atom is 0.303 e. The number of amides is 1. The van der Waals surface area contributed by atoms with Crippen molar-refractivity contribution in [1.82, 2.24) is 15.1 Å². The van der Waals surface area contributed by atoms with E-state index in [0.29, 0.717) is 6.54 Å². The molecule has 0 bridgehead atoms. The lowest BCUT2D eigenvalue weighted by Crippen LogP contribution is -2.23. The summed E-state index contributed by atoms with van der Waals surface area (Å²) < 4.78 is 1.76. The van der Waals surface area contributed by atoms with E-state index in [1.165, 1.54) is 0 Å². The second kappa shape index (κ2) is 5.89. The lowest BCUT2D eigenvalue weighted by Gasteiger charge is -2.01. The maximum absolute atomic E-state index is 11.2. The Hall–Kier alpha value is -1.85. The first kappa shape index (κ1) is 12.2. The van der Waals surface area contributed by atoms with Gasteiger partial charge in [0, 0.05) is 19.2 Å². The van der Waals surface area contributed by atoms with Gasteiger partial charge in [-0.25, -0.2) is 0 Å². The second-order valence-corrected chi connectivity index (χ2v) is 3.33. The molecule has 0 spiro atoms. The second-order valence-electron chi connectivity index (χ2n) is 3.33. The Morgan fingerprint density at radius 2 is 2.25 bits per heavy atom. The quantitative estimate of drug-likeness (QED) is 0.733. The summed E-state index contributed by atoms with van der Waals surface area (Å²) in [7, 11) is 0. The molecule has 1 rings (SSSR count). The van der Waals surface area contributed by atoms with E-state index in [1.807, 2.05) is 19.2 Å². The Morgan fingerprint density at radius 1 is 1.50 bits per heavy atom. The monoisotopic (exact) mass is 225 g/mol. The van der Waals surface area contributed by atoms with E-state index in [1.54, 1.807) is 4.68 Å². The van der Waals surface area contributed by atoms with Gasteiger partial charge in [0.05, 0.1) is 18.7 Å². The summed E-state index contributed by atoms with van der Waals surface area (Å²) in [4.78, 5) is 21.4. The minimum Gasteiger partial charge on any atom is -0.481 e. The Balaban J connectivity index is 2.28. The van der Waals surface area contributed by atoms with Crippen LogP contribution in [0.25, 0.3) is 0 Å². The Kier molecular flexibility index (Phi) is 4.50. The average molecular weight is 225 g/mol. The van der Waals surface area contributed by atoms with Crippen molar-refractivity contribution in [3.63, 3.8) is 0 Å². The largest absolute Gasteiger partial charge is 0.481 e. The fraction of sp³-hybridized carbons (Fsp3) is 0.500. The van der Waals surface area contributed by atoms with E-state index in [0.717, 1.165) is 12.2 Å². The van der Waals surface area contributed by atoms with E-state index in [4.69, 9.17) is 5.11 Å². The molecule has 0 fully saturated rings. The summed E-state index contributed by atoms with van der Waals surface area (Å²) in [6.07, 6.45) is 1.69. The van der Waals surface area contributed by atoms with Gasteiger partial charge in [0.25, 0.3) is 0 Å². The van der Waals surface area contributed by atoms with E-state index in [2.05, 4.69) is 10.4 Å². The number of rotatable bonds is 6. The molecule has 88 valence electrons. The van der Waals surface area contributed by atoms with Crippen LogP contribution >= 0.6 is 0 Å². The third-order valence-corrected chi connectivity index (χ3v) is 2.05. The zero-order valence-corrected chi connectivity index (χ0v) is 9.14. The van der Waals surface area contributed by atoms with E-state index in [-0.39, 0.29) is 18.7 Å². The SMILES string of the molecule is CCn1ccc(CNC(=O)CCC(=O)O)n1. The summed E-state index contributed by atoms with van der Waals surface area (Å²) in [6.45, 7) is 3.10. The lowest BCUT2D eigenvalue weighted by atomic mass is 10.3. The fourth-order valence-electron chi connectivity index (χ4n) is 1.17. The van der Waals surface area contributed by atoms with Crippen LogP contribution in [0.15, 0.2) is 12.3 Å². The summed E-state index contributed by atoms with van der Waals surface area (Å²) >= 11 is 0. The van der Waals surface area contributed by atoms with Crippen LogP contribution in [0.5, 0.6) is 0 Å². The van der Waals surface area contributed by atoms with Gasteiger partial charge >= 0.3 is 5.97 Å². The smallest absolute Gasteiger partial charge is 0.303 e. The highest BCUT2D eigenvalue weighted by Gasteiger charge is 2.05. The summed E-state index contributed by atoms with van der Waals surface area (Å²) in [5.41, 5.74) is 0.769. The van der Waals surface area contributed by atoms with Gasteiger partial charge in [0.15, 0.2) is 0 Å². The molecule has 0 atom stereocenters. The predicted molar refractivity (Wildman–Crippen MR) is 56.6 cm³/mol. The fourth-order valence-corrected chi connectivity index (χ4v) is 1.17. The van der Waals surface area contributed by atoms with Crippen molar-refractivity contribution in [1.29, 1.82) is 0 Å². The predicted octanol–water partition coefficient (Wildman–Crippen LogP) is 0.384. The van der Waals surface area contributed by atoms with Gasteiger partial charge in [0.2, 0.25) is 5.91 Å². The number of nitrogens with zero attached hydrogens (tertiary/aromatic N) is 2. The number of carbonyl (C=O) groups is 2. The Morgan fingerprint density at radius 3 is 2.81 bits per heavy atom. The van der Waals surface area contributed by atoms with Crippen molar-refractivity contribution < 1.29 is 14.7 Å². The van der Waals surface area contributed by atoms with Crippen molar-refractivity contribution in [3.05, 3.63) is 18.0 Å². The van der Waals surface area contributed by atoms with Gasteiger partial charge in [-0.15, -0.1) is 0 Å². The number of carboxylic acid groups (broad SMARTS) is 1. The summed E-state index contributed by atoms with van der Waals surface area (Å²) in [5.74, 6) is -1.24. The molecule has 0 aliphatic carbocycles. The van der Waals surface area contributed by atoms with Crippen LogP contribution < -0.4 is 5.32 Å². The van der Waals surface area contributed by atoms with Gasteiger partial charge in [0.1, 0.15) is 0 Å². The molecule has 2 N–H and O–H groups in total. The summed E-state index contributed by atoms with van der Waals surface area (Å²) in [6, 6.07) is 1.82. The zero-order chi connectivity index (χ0) is 12.0. The normalized spacial score (nSPS) is 10.1. The molecule has 0 saturated heterocycles. The highest BCUT2D eigenvalue weighted by molar-refractivity contribution is 5.80. The van der Waals surface area contributed by atoms with Crippen LogP contribution in [0.1, 0.15) is 25.5 Å². The van der Waals surface area contributed by atoms with Crippen LogP contribution in [0.2, 0.25) is 0 Å². The molecular weight excluding hydrogens is 210 g/mol. The van der Waals surface area contributed by atoms with Gasteiger partial charge in [-0.3, -0.25) is 14.3 Å².